The molecule has 0 amide bonds. The number of fused-ring (bicyclic) bond motifs is 3. The number of ether oxygens (including phenoxy) is 1. The number of carboxylic acid groups (broad SMARTS) is 1. The summed E-state index contributed by atoms with van der Waals surface area (Å²) in [4.78, 5) is 16.6. The van der Waals surface area contributed by atoms with Gasteiger partial charge in [0.25, 0.3) is 6.43 Å². The Morgan fingerprint density at radius 1 is 1.12 bits per heavy atom. The number of halogens is 3. The van der Waals surface area contributed by atoms with E-state index < -0.39 is 41.5 Å². The van der Waals surface area contributed by atoms with Gasteiger partial charge in [0.1, 0.15) is 17.5 Å². The van der Waals surface area contributed by atoms with Crippen molar-refractivity contribution in [3.8, 4) is 5.75 Å². The summed E-state index contributed by atoms with van der Waals surface area (Å²) < 4.78 is 32.8. The summed E-state index contributed by atoms with van der Waals surface area (Å²) in [6.45, 7) is 0. The second-order valence-corrected chi connectivity index (χ2v) is 8.66. The lowest BCUT2D eigenvalue weighted by Crippen LogP contribution is -2.52. The highest BCUT2D eigenvalue weighted by atomic mass is 35.5. The number of pyridine rings is 1. The van der Waals surface area contributed by atoms with Crippen LogP contribution in [0.15, 0.2) is 66.9 Å². The molecule has 5 unspecified atom stereocenters. The van der Waals surface area contributed by atoms with Crippen LogP contribution in [0.5, 0.6) is 5.75 Å². The molecule has 1 fully saturated rings. The van der Waals surface area contributed by atoms with Crippen molar-refractivity contribution in [2.75, 3.05) is 0 Å². The molecular formula is C24H18ClF2NO5. The lowest BCUT2D eigenvalue weighted by molar-refractivity contribution is -0.160. The van der Waals surface area contributed by atoms with Gasteiger partial charge in [0.2, 0.25) is 0 Å². The van der Waals surface area contributed by atoms with Gasteiger partial charge >= 0.3 is 5.97 Å². The van der Waals surface area contributed by atoms with Crippen LogP contribution in [0.4, 0.5) is 8.78 Å². The molecule has 9 heteroatoms. The van der Waals surface area contributed by atoms with Crippen molar-refractivity contribution >= 4 is 17.6 Å². The molecule has 5 rings (SSSR count). The van der Waals surface area contributed by atoms with Crippen LogP contribution in [-0.2, 0) is 16.0 Å². The molecule has 6 nitrogen and oxygen atoms in total. The predicted molar refractivity (Wildman–Crippen MR) is 113 cm³/mol. The standard InChI is InChI=1S/C24H18ClF2NO5/c25-15-10-16-19(28-11-15)23(32)20(29)17(22(30)31)18(12-4-2-1-3-5-12)24(23,33-16)14-8-6-13(7-9-14)21(26)27/h1-11,17-18,20-21,29,32H,(H,30,31). The third-order valence-electron chi connectivity index (χ3n) is 6.62. The lowest BCUT2D eigenvalue weighted by Gasteiger charge is -2.40. The van der Waals surface area contributed by atoms with Gasteiger partial charge in [-0.2, -0.15) is 0 Å². The maximum absolute atomic E-state index is 13.2. The first-order chi connectivity index (χ1) is 15.7. The summed E-state index contributed by atoms with van der Waals surface area (Å²) in [5.74, 6) is -3.85. The minimum Gasteiger partial charge on any atom is -0.481 e. The summed E-state index contributed by atoms with van der Waals surface area (Å²) in [6.07, 6.45) is -3.29. The van der Waals surface area contributed by atoms with Gasteiger partial charge in [0, 0.05) is 23.7 Å². The predicted octanol–water partition coefficient (Wildman–Crippen LogP) is 4.01. The van der Waals surface area contributed by atoms with Crippen molar-refractivity contribution in [3.63, 3.8) is 0 Å². The third-order valence-corrected chi connectivity index (χ3v) is 6.82. The number of alkyl halides is 2. The molecule has 0 spiro atoms. The van der Waals surface area contributed by atoms with Gasteiger partial charge in [0.15, 0.2) is 11.2 Å². The Morgan fingerprint density at radius 3 is 2.39 bits per heavy atom. The molecule has 33 heavy (non-hydrogen) atoms. The summed E-state index contributed by atoms with van der Waals surface area (Å²) >= 11 is 6.08. The number of aliphatic hydroxyl groups excluding tert-OH is 1. The van der Waals surface area contributed by atoms with Gasteiger partial charge in [0.05, 0.1) is 10.9 Å². The fourth-order valence-electron chi connectivity index (χ4n) is 5.28. The maximum atomic E-state index is 13.2. The number of aliphatic carboxylic acids is 1. The van der Waals surface area contributed by atoms with Crippen molar-refractivity contribution in [1.29, 1.82) is 0 Å². The number of hydrogen-bond donors (Lipinski definition) is 3. The number of aromatic nitrogens is 1. The summed E-state index contributed by atoms with van der Waals surface area (Å²) in [6, 6.07) is 15.0. The molecule has 2 heterocycles. The smallest absolute Gasteiger partial charge is 0.310 e. The van der Waals surface area contributed by atoms with E-state index >= 15 is 0 Å². The SMILES string of the molecule is O=C(O)C1C(O)C2(O)c3ncc(Cl)cc3OC2(c2ccc(C(F)F)cc2)C1c1ccccc1. The fourth-order valence-corrected chi connectivity index (χ4v) is 5.43. The molecule has 0 radical (unpaired) electrons. The van der Waals surface area contributed by atoms with Crippen molar-refractivity contribution in [3.05, 3.63) is 94.3 Å². The van der Waals surface area contributed by atoms with E-state index in [1.807, 2.05) is 0 Å². The van der Waals surface area contributed by atoms with Crippen molar-refractivity contribution < 1.29 is 33.6 Å². The largest absolute Gasteiger partial charge is 0.481 e. The monoisotopic (exact) mass is 473 g/mol. The Labute approximate surface area is 192 Å². The second kappa shape index (κ2) is 7.48. The normalized spacial score (nSPS) is 30.1. The van der Waals surface area contributed by atoms with Crippen LogP contribution >= 0.6 is 11.6 Å². The van der Waals surface area contributed by atoms with E-state index in [2.05, 4.69) is 4.98 Å². The Balaban J connectivity index is 1.84. The van der Waals surface area contributed by atoms with E-state index in [1.165, 1.54) is 36.5 Å². The van der Waals surface area contributed by atoms with Crippen molar-refractivity contribution in [2.45, 2.75) is 29.6 Å². The summed E-state index contributed by atoms with van der Waals surface area (Å²) in [7, 11) is 0. The van der Waals surface area contributed by atoms with Crippen LogP contribution in [0, 0.1) is 5.92 Å². The van der Waals surface area contributed by atoms with E-state index in [0.29, 0.717) is 5.56 Å². The van der Waals surface area contributed by atoms with Gasteiger partial charge < -0.3 is 20.1 Å². The van der Waals surface area contributed by atoms with E-state index in [0.717, 1.165) is 0 Å². The van der Waals surface area contributed by atoms with Gasteiger partial charge in [-0.25, -0.2) is 8.78 Å². The topological polar surface area (TPSA) is 99.9 Å². The maximum Gasteiger partial charge on any atom is 0.310 e. The molecule has 3 aromatic rings. The van der Waals surface area contributed by atoms with Gasteiger partial charge in [-0.05, 0) is 11.1 Å². The zero-order chi connectivity index (χ0) is 23.5. The minimum atomic E-state index is -2.72. The van der Waals surface area contributed by atoms with Gasteiger partial charge in [-0.1, -0.05) is 66.2 Å². The number of benzene rings is 2. The molecule has 1 aromatic heterocycles. The van der Waals surface area contributed by atoms with Crippen LogP contribution in [0.1, 0.15) is 34.7 Å². The van der Waals surface area contributed by atoms with Crippen LogP contribution < -0.4 is 4.74 Å². The fraction of sp³-hybridized carbons (Fsp3) is 0.250. The highest BCUT2D eigenvalue weighted by Crippen LogP contribution is 2.68. The first kappa shape index (κ1) is 21.8. The van der Waals surface area contributed by atoms with Gasteiger partial charge in [-0.15, -0.1) is 0 Å². The molecule has 170 valence electrons. The Bertz CT molecular complexity index is 1230. The number of rotatable bonds is 4. The lowest BCUT2D eigenvalue weighted by atomic mass is 9.71. The number of carbonyl (C=O) groups is 1. The Hall–Kier alpha value is -3.07. The van der Waals surface area contributed by atoms with Crippen LogP contribution in [0.3, 0.4) is 0 Å². The van der Waals surface area contributed by atoms with Crippen LogP contribution in [0.25, 0.3) is 0 Å². The zero-order valence-electron chi connectivity index (χ0n) is 16.9. The Morgan fingerprint density at radius 2 is 1.79 bits per heavy atom. The van der Waals surface area contributed by atoms with Gasteiger partial charge in [-0.3, -0.25) is 9.78 Å². The van der Waals surface area contributed by atoms with E-state index in [4.69, 9.17) is 16.3 Å². The van der Waals surface area contributed by atoms with E-state index in [9.17, 15) is 28.9 Å². The molecule has 2 aromatic carbocycles. The molecule has 1 aliphatic heterocycles. The average molecular weight is 474 g/mol. The summed E-state index contributed by atoms with van der Waals surface area (Å²) in [5.41, 5.74) is -3.79. The molecule has 1 aliphatic carbocycles. The van der Waals surface area contributed by atoms with Crippen LogP contribution in [-0.4, -0.2) is 32.4 Å². The molecule has 3 N–H and O–H groups in total. The highest BCUT2D eigenvalue weighted by Gasteiger charge is 2.78. The Kier molecular flexibility index (Phi) is 4.93. The van der Waals surface area contributed by atoms with E-state index in [1.54, 1.807) is 30.3 Å². The third kappa shape index (κ3) is 2.84. The quantitative estimate of drug-likeness (QED) is 0.529. The summed E-state index contributed by atoms with van der Waals surface area (Å²) in [5, 5.41) is 33.7. The highest BCUT2D eigenvalue weighted by molar-refractivity contribution is 6.30. The first-order valence-corrected chi connectivity index (χ1v) is 10.5. The van der Waals surface area contributed by atoms with Crippen LogP contribution in [0.2, 0.25) is 5.02 Å². The number of nitrogens with zero attached hydrogens (tertiary/aromatic N) is 1. The minimum absolute atomic E-state index is 0.0676. The number of carboxylic acids is 1. The van der Waals surface area contributed by atoms with Crippen molar-refractivity contribution in [2.24, 2.45) is 5.92 Å². The molecule has 0 saturated heterocycles. The number of hydrogen-bond acceptors (Lipinski definition) is 5. The molecule has 5 atom stereocenters. The molecular weight excluding hydrogens is 456 g/mol. The second-order valence-electron chi connectivity index (χ2n) is 8.22. The van der Waals surface area contributed by atoms with Crippen molar-refractivity contribution in [1.82, 2.24) is 4.98 Å². The molecule has 1 saturated carbocycles. The molecule has 0 bridgehead atoms. The molecule has 2 aliphatic rings. The first-order valence-electron chi connectivity index (χ1n) is 10.1. The average Bonchev–Trinajstić information content (AvgIpc) is 3.17. The van der Waals surface area contributed by atoms with E-state index in [-0.39, 0.29) is 27.6 Å². The zero-order valence-corrected chi connectivity index (χ0v) is 17.7. The number of aliphatic hydroxyl groups is 2.